The lowest BCUT2D eigenvalue weighted by atomic mass is 10.0. The zero-order chi connectivity index (χ0) is 16.6. The standard InChI is InChI=1S/C13H6F5NO3/c1-22-10-4-6(14)5(2-9(10)19(20)21)11-7(15)3-8(16)12(17)13(11)18/h2-4H,1H3. The maximum atomic E-state index is 13.9. The number of benzene rings is 2. The number of nitrogens with zero attached hydrogens (tertiary/aromatic N) is 1. The molecule has 0 aliphatic carbocycles. The van der Waals surface area contributed by atoms with Crippen LogP contribution in [0.2, 0.25) is 0 Å². The van der Waals surface area contributed by atoms with E-state index >= 15 is 0 Å². The lowest BCUT2D eigenvalue weighted by Crippen LogP contribution is -2.02. The van der Waals surface area contributed by atoms with Crippen LogP contribution < -0.4 is 4.74 Å². The minimum Gasteiger partial charge on any atom is -0.490 e. The van der Waals surface area contributed by atoms with Gasteiger partial charge in [0.1, 0.15) is 11.6 Å². The summed E-state index contributed by atoms with van der Waals surface area (Å²) < 4.78 is 71.9. The highest BCUT2D eigenvalue weighted by Gasteiger charge is 2.26. The van der Waals surface area contributed by atoms with Crippen molar-refractivity contribution >= 4 is 5.69 Å². The molecule has 0 N–H and O–H groups in total. The normalized spacial score (nSPS) is 10.6. The molecule has 0 radical (unpaired) electrons. The predicted molar refractivity (Wildman–Crippen MR) is 64.9 cm³/mol. The van der Waals surface area contributed by atoms with E-state index < -0.39 is 56.6 Å². The molecule has 0 fully saturated rings. The van der Waals surface area contributed by atoms with Crippen molar-refractivity contribution in [1.29, 1.82) is 0 Å². The van der Waals surface area contributed by atoms with E-state index in [0.717, 1.165) is 7.11 Å². The zero-order valence-corrected chi connectivity index (χ0v) is 10.8. The van der Waals surface area contributed by atoms with Gasteiger partial charge in [-0.15, -0.1) is 0 Å². The SMILES string of the molecule is COc1cc(F)c(-c2c(F)cc(F)c(F)c2F)cc1[N+](=O)[O-]. The molecular formula is C13H6F5NO3. The second kappa shape index (κ2) is 5.58. The Bertz CT molecular complexity index is 779. The van der Waals surface area contributed by atoms with Crippen molar-refractivity contribution in [3.8, 4) is 16.9 Å². The highest BCUT2D eigenvalue weighted by molar-refractivity contribution is 5.70. The van der Waals surface area contributed by atoms with Crippen LogP contribution >= 0.6 is 0 Å². The van der Waals surface area contributed by atoms with Gasteiger partial charge in [-0.05, 0) is 0 Å². The summed E-state index contributed by atoms with van der Waals surface area (Å²) in [7, 11) is 1.03. The maximum absolute atomic E-state index is 13.9. The molecule has 0 unspecified atom stereocenters. The molecule has 0 saturated heterocycles. The van der Waals surface area contributed by atoms with Crippen LogP contribution in [0.3, 0.4) is 0 Å². The number of rotatable bonds is 3. The number of hydrogen-bond acceptors (Lipinski definition) is 3. The average Bonchev–Trinajstić information content (AvgIpc) is 2.45. The van der Waals surface area contributed by atoms with Gasteiger partial charge < -0.3 is 4.74 Å². The largest absolute Gasteiger partial charge is 0.490 e. The van der Waals surface area contributed by atoms with E-state index in [9.17, 15) is 32.1 Å². The number of halogens is 5. The molecule has 2 aromatic carbocycles. The van der Waals surface area contributed by atoms with Crippen molar-refractivity contribution in [2.45, 2.75) is 0 Å². The minimum atomic E-state index is -2.02. The highest BCUT2D eigenvalue weighted by Crippen LogP contribution is 2.37. The van der Waals surface area contributed by atoms with Crippen molar-refractivity contribution < 1.29 is 31.6 Å². The maximum Gasteiger partial charge on any atom is 0.311 e. The Balaban J connectivity index is 2.82. The molecule has 2 rings (SSSR count). The van der Waals surface area contributed by atoms with Crippen LogP contribution in [0.1, 0.15) is 0 Å². The van der Waals surface area contributed by atoms with Gasteiger partial charge in [0, 0.05) is 23.8 Å². The number of nitro benzene ring substituents is 1. The first-order valence-electron chi connectivity index (χ1n) is 5.63. The Hall–Kier alpha value is -2.71. The highest BCUT2D eigenvalue weighted by atomic mass is 19.2. The number of ether oxygens (including phenoxy) is 1. The Morgan fingerprint density at radius 1 is 0.955 bits per heavy atom. The first-order chi connectivity index (χ1) is 10.3. The van der Waals surface area contributed by atoms with Crippen molar-refractivity contribution in [1.82, 2.24) is 0 Å². The van der Waals surface area contributed by atoms with Gasteiger partial charge in [-0.25, -0.2) is 22.0 Å². The molecule has 0 aromatic heterocycles. The fraction of sp³-hybridized carbons (Fsp3) is 0.0769. The third-order valence-corrected chi connectivity index (χ3v) is 2.85. The van der Waals surface area contributed by atoms with Crippen LogP contribution in [-0.4, -0.2) is 12.0 Å². The molecule has 0 bridgehead atoms. The van der Waals surface area contributed by atoms with E-state index in [1.54, 1.807) is 0 Å². The molecule has 0 saturated carbocycles. The summed E-state index contributed by atoms with van der Waals surface area (Å²) >= 11 is 0. The van der Waals surface area contributed by atoms with Gasteiger partial charge in [-0.2, -0.15) is 0 Å². The van der Waals surface area contributed by atoms with E-state index in [4.69, 9.17) is 0 Å². The van der Waals surface area contributed by atoms with Crippen molar-refractivity contribution in [3.63, 3.8) is 0 Å². The van der Waals surface area contributed by atoms with Crippen LogP contribution in [0.25, 0.3) is 11.1 Å². The molecular weight excluding hydrogens is 313 g/mol. The van der Waals surface area contributed by atoms with Crippen LogP contribution in [0.4, 0.5) is 27.6 Å². The van der Waals surface area contributed by atoms with E-state index in [1.807, 2.05) is 0 Å². The Labute approximate surface area is 119 Å². The second-order valence-corrected chi connectivity index (χ2v) is 4.10. The predicted octanol–water partition coefficient (Wildman–Crippen LogP) is 3.97. The molecule has 0 aliphatic heterocycles. The summed E-state index contributed by atoms with van der Waals surface area (Å²) in [5.74, 6) is -9.21. The summed E-state index contributed by atoms with van der Waals surface area (Å²) in [6, 6.07) is 1.02. The summed E-state index contributed by atoms with van der Waals surface area (Å²) in [4.78, 5) is 9.87. The molecule has 2 aromatic rings. The first-order valence-corrected chi connectivity index (χ1v) is 5.63. The third-order valence-electron chi connectivity index (χ3n) is 2.85. The van der Waals surface area contributed by atoms with Gasteiger partial charge in [0.2, 0.25) is 0 Å². The lowest BCUT2D eigenvalue weighted by molar-refractivity contribution is -0.385. The van der Waals surface area contributed by atoms with Gasteiger partial charge in [-0.1, -0.05) is 0 Å². The Kier molecular flexibility index (Phi) is 3.98. The van der Waals surface area contributed by atoms with Gasteiger partial charge in [0.15, 0.2) is 23.2 Å². The average molecular weight is 319 g/mol. The number of hydrogen-bond donors (Lipinski definition) is 0. The van der Waals surface area contributed by atoms with Gasteiger partial charge in [0.25, 0.3) is 0 Å². The molecule has 0 spiro atoms. The topological polar surface area (TPSA) is 52.4 Å². The van der Waals surface area contributed by atoms with Crippen LogP contribution in [-0.2, 0) is 0 Å². The molecule has 0 aliphatic rings. The molecule has 22 heavy (non-hydrogen) atoms. The van der Waals surface area contributed by atoms with Gasteiger partial charge >= 0.3 is 5.69 Å². The molecule has 0 heterocycles. The summed E-state index contributed by atoms with van der Waals surface area (Å²) in [6.07, 6.45) is 0. The smallest absolute Gasteiger partial charge is 0.311 e. The number of methoxy groups -OCH3 is 1. The lowest BCUT2D eigenvalue weighted by Gasteiger charge is -2.10. The molecule has 4 nitrogen and oxygen atoms in total. The van der Waals surface area contributed by atoms with E-state index in [0.29, 0.717) is 12.1 Å². The quantitative estimate of drug-likeness (QED) is 0.283. The van der Waals surface area contributed by atoms with E-state index in [1.165, 1.54) is 0 Å². The van der Waals surface area contributed by atoms with E-state index in [2.05, 4.69) is 4.74 Å². The van der Waals surface area contributed by atoms with Crippen molar-refractivity contribution in [2.75, 3.05) is 7.11 Å². The number of nitro groups is 1. The zero-order valence-electron chi connectivity index (χ0n) is 10.8. The van der Waals surface area contributed by atoms with Crippen molar-refractivity contribution in [3.05, 3.63) is 57.4 Å². The van der Waals surface area contributed by atoms with Crippen LogP contribution in [0.5, 0.6) is 5.75 Å². The molecule has 116 valence electrons. The van der Waals surface area contributed by atoms with Gasteiger partial charge in [0.05, 0.1) is 17.6 Å². The molecule has 0 amide bonds. The fourth-order valence-electron chi connectivity index (χ4n) is 1.85. The first kappa shape index (κ1) is 15.7. The van der Waals surface area contributed by atoms with Crippen LogP contribution in [0, 0.1) is 39.2 Å². The Morgan fingerprint density at radius 2 is 1.59 bits per heavy atom. The second-order valence-electron chi connectivity index (χ2n) is 4.10. The Morgan fingerprint density at radius 3 is 2.14 bits per heavy atom. The summed E-state index contributed by atoms with van der Waals surface area (Å²) in [5.41, 5.74) is -2.97. The molecule has 0 atom stereocenters. The monoisotopic (exact) mass is 319 g/mol. The summed E-state index contributed by atoms with van der Waals surface area (Å²) in [6.45, 7) is 0. The fourth-order valence-corrected chi connectivity index (χ4v) is 1.85. The molecule has 9 heteroatoms. The minimum absolute atomic E-state index is 0.0171. The summed E-state index contributed by atoms with van der Waals surface area (Å²) in [5, 5.41) is 10.8. The van der Waals surface area contributed by atoms with Crippen molar-refractivity contribution in [2.24, 2.45) is 0 Å². The van der Waals surface area contributed by atoms with Crippen LogP contribution in [0.15, 0.2) is 18.2 Å². The van der Waals surface area contributed by atoms with Gasteiger partial charge in [-0.3, -0.25) is 10.1 Å². The third kappa shape index (κ3) is 2.45. The van der Waals surface area contributed by atoms with E-state index in [-0.39, 0.29) is 6.07 Å².